The molecule has 1 aromatic carbocycles. The summed E-state index contributed by atoms with van der Waals surface area (Å²) < 4.78 is 26.7. The first-order chi connectivity index (χ1) is 10.0. The van der Waals surface area contributed by atoms with Gasteiger partial charge in [0.05, 0.1) is 16.3 Å². The number of aryl methyl sites for hydroxylation is 1. The maximum Gasteiger partial charge on any atom is 0.269 e. The minimum absolute atomic E-state index is 0.251. The van der Waals surface area contributed by atoms with Crippen molar-refractivity contribution >= 4 is 10.0 Å². The zero-order valence-electron chi connectivity index (χ0n) is 12.0. The van der Waals surface area contributed by atoms with Gasteiger partial charge in [0.15, 0.2) is 0 Å². The highest BCUT2D eigenvalue weighted by atomic mass is 32.2. The summed E-state index contributed by atoms with van der Waals surface area (Å²) in [6, 6.07) is 6.77. The highest BCUT2D eigenvalue weighted by molar-refractivity contribution is 7.90. The SMILES string of the molecule is C=CCc1ncn(S(=O)(=O)c2ccc(C)cc2)c1CC=C. The van der Waals surface area contributed by atoms with Gasteiger partial charge in [0.1, 0.15) is 6.33 Å². The summed E-state index contributed by atoms with van der Waals surface area (Å²) in [4.78, 5) is 4.45. The molecule has 0 aliphatic rings. The van der Waals surface area contributed by atoms with E-state index in [4.69, 9.17) is 0 Å². The normalized spacial score (nSPS) is 11.3. The number of hydrogen-bond acceptors (Lipinski definition) is 3. The third kappa shape index (κ3) is 2.97. The van der Waals surface area contributed by atoms with Crippen molar-refractivity contribution in [1.29, 1.82) is 0 Å². The van der Waals surface area contributed by atoms with E-state index in [0.717, 1.165) is 5.56 Å². The molecule has 0 fully saturated rings. The van der Waals surface area contributed by atoms with Crippen LogP contribution in [-0.2, 0) is 22.9 Å². The van der Waals surface area contributed by atoms with Crippen molar-refractivity contribution < 1.29 is 8.42 Å². The summed E-state index contributed by atoms with van der Waals surface area (Å²) in [6.45, 7) is 9.27. The maximum atomic E-state index is 12.7. The molecule has 1 heterocycles. The Kier molecular flexibility index (Phi) is 4.43. The Morgan fingerprint density at radius 2 is 1.76 bits per heavy atom. The smallest absolute Gasteiger partial charge is 0.240 e. The lowest BCUT2D eigenvalue weighted by Crippen LogP contribution is -2.15. The predicted molar refractivity (Wildman–Crippen MR) is 83.8 cm³/mol. The minimum Gasteiger partial charge on any atom is -0.240 e. The molecule has 0 bridgehead atoms. The zero-order chi connectivity index (χ0) is 15.5. The van der Waals surface area contributed by atoms with Crippen molar-refractivity contribution in [2.24, 2.45) is 0 Å². The van der Waals surface area contributed by atoms with Gasteiger partial charge in [-0.1, -0.05) is 29.8 Å². The fourth-order valence-electron chi connectivity index (χ4n) is 2.08. The van der Waals surface area contributed by atoms with Crippen molar-refractivity contribution in [3.8, 4) is 0 Å². The lowest BCUT2D eigenvalue weighted by molar-refractivity contribution is 0.585. The van der Waals surface area contributed by atoms with Crippen LogP contribution < -0.4 is 0 Å². The second kappa shape index (κ2) is 6.10. The van der Waals surface area contributed by atoms with Gasteiger partial charge in [0, 0.05) is 12.8 Å². The Morgan fingerprint density at radius 1 is 1.14 bits per heavy atom. The Labute approximate surface area is 125 Å². The average molecular weight is 302 g/mol. The topological polar surface area (TPSA) is 52.0 Å². The van der Waals surface area contributed by atoms with Crippen LogP contribution in [0.5, 0.6) is 0 Å². The summed E-state index contributed by atoms with van der Waals surface area (Å²) in [7, 11) is -3.63. The van der Waals surface area contributed by atoms with Crippen LogP contribution >= 0.6 is 0 Å². The molecule has 0 N–H and O–H groups in total. The van der Waals surface area contributed by atoms with E-state index >= 15 is 0 Å². The Balaban J connectivity index is 2.56. The van der Waals surface area contributed by atoms with Gasteiger partial charge in [-0.05, 0) is 19.1 Å². The molecule has 4 nitrogen and oxygen atoms in total. The quantitative estimate of drug-likeness (QED) is 0.771. The average Bonchev–Trinajstić information content (AvgIpc) is 2.84. The second-order valence-corrected chi connectivity index (χ2v) is 6.55. The highest BCUT2D eigenvalue weighted by Crippen LogP contribution is 2.19. The highest BCUT2D eigenvalue weighted by Gasteiger charge is 2.21. The molecule has 0 saturated carbocycles. The lowest BCUT2D eigenvalue weighted by Gasteiger charge is -2.09. The second-order valence-electron chi connectivity index (χ2n) is 4.74. The van der Waals surface area contributed by atoms with E-state index in [1.54, 1.807) is 36.4 Å². The molecule has 1 aromatic heterocycles. The lowest BCUT2D eigenvalue weighted by atomic mass is 10.2. The van der Waals surface area contributed by atoms with Crippen molar-refractivity contribution in [1.82, 2.24) is 8.96 Å². The number of benzene rings is 1. The van der Waals surface area contributed by atoms with E-state index in [1.807, 2.05) is 6.92 Å². The number of nitrogens with zero attached hydrogens (tertiary/aromatic N) is 2. The van der Waals surface area contributed by atoms with Crippen LogP contribution in [0.4, 0.5) is 0 Å². The van der Waals surface area contributed by atoms with Crippen LogP contribution in [-0.4, -0.2) is 17.4 Å². The number of allylic oxidation sites excluding steroid dienone is 2. The molecular formula is C16H18N2O2S. The summed E-state index contributed by atoms with van der Waals surface area (Å²) >= 11 is 0. The fraction of sp³-hybridized carbons (Fsp3) is 0.188. The fourth-order valence-corrected chi connectivity index (χ4v) is 3.42. The zero-order valence-corrected chi connectivity index (χ0v) is 12.8. The van der Waals surface area contributed by atoms with Crippen LogP contribution in [0, 0.1) is 6.92 Å². The van der Waals surface area contributed by atoms with Gasteiger partial charge in [-0.25, -0.2) is 17.4 Å². The minimum atomic E-state index is -3.63. The molecule has 21 heavy (non-hydrogen) atoms. The molecule has 5 heteroatoms. The van der Waals surface area contributed by atoms with E-state index in [9.17, 15) is 8.42 Å². The number of imidazole rings is 1. The van der Waals surface area contributed by atoms with Crippen LogP contribution in [0.3, 0.4) is 0 Å². The molecule has 0 amide bonds. The van der Waals surface area contributed by atoms with E-state index in [-0.39, 0.29) is 4.90 Å². The van der Waals surface area contributed by atoms with Crippen LogP contribution in [0.2, 0.25) is 0 Å². The van der Waals surface area contributed by atoms with E-state index in [0.29, 0.717) is 24.2 Å². The van der Waals surface area contributed by atoms with Crippen molar-refractivity contribution in [3.63, 3.8) is 0 Å². The Morgan fingerprint density at radius 3 is 2.33 bits per heavy atom. The number of aromatic nitrogens is 2. The van der Waals surface area contributed by atoms with E-state index in [1.165, 1.54) is 10.3 Å². The molecule has 0 radical (unpaired) electrons. The first-order valence-corrected chi connectivity index (χ1v) is 8.04. The van der Waals surface area contributed by atoms with Crippen LogP contribution in [0.15, 0.2) is 60.8 Å². The molecule has 110 valence electrons. The summed E-state index contributed by atoms with van der Waals surface area (Å²) in [6.07, 6.45) is 5.70. The van der Waals surface area contributed by atoms with E-state index in [2.05, 4.69) is 18.1 Å². The third-order valence-corrected chi connectivity index (χ3v) is 4.87. The first kappa shape index (κ1) is 15.3. The first-order valence-electron chi connectivity index (χ1n) is 6.60. The monoisotopic (exact) mass is 302 g/mol. The summed E-state index contributed by atoms with van der Waals surface area (Å²) in [5, 5.41) is 0. The largest absolute Gasteiger partial charge is 0.269 e. The van der Waals surface area contributed by atoms with Gasteiger partial charge in [0.2, 0.25) is 0 Å². The van der Waals surface area contributed by atoms with Gasteiger partial charge in [-0.3, -0.25) is 0 Å². The van der Waals surface area contributed by atoms with Gasteiger partial charge in [-0.2, -0.15) is 0 Å². The molecule has 0 aliphatic heterocycles. The summed E-state index contributed by atoms with van der Waals surface area (Å²) in [5.74, 6) is 0. The summed E-state index contributed by atoms with van der Waals surface area (Å²) in [5.41, 5.74) is 2.35. The molecule has 2 rings (SSSR count). The van der Waals surface area contributed by atoms with Crippen LogP contribution in [0.1, 0.15) is 17.0 Å². The van der Waals surface area contributed by atoms with Gasteiger partial charge in [0.25, 0.3) is 10.0 Å². The molecule has 0 spiro atoms. The standard InChI is InChI=1S/C16H18N2O2S/c1-4-6-15-16(7-5-2)18(12-17-15)21(19,20)14-10-8-13(3)9-11-14/h4-5,8-12H,1-2,6-7H2,3H3. The van der Waals surface area contributed by atoms with Crippen molar-refractivity contribution in [2.75, 3.05) is 0 Å². The van der Waals surface area contributed by atoms with Gasteiger partial charge >= 0.3 is 0 Å². The predicted octanol–water partition coefficient (Wildman–Crippen LogP) is 2.89. The molecule has 0 aliphatic carbocycles. The van der Waals surface area contributed by atoms with Crippen LogP contribution in [0.25, 0.3) is 0 Å². The molecule has 0 unspecified atom stereocenters. The van der Waals surface area contributed by atoms with Crippen molar-refractivity contribution in [2.45, 2.75) is 24.7 Å². The van der Waals surface area contributed by atoms with Gasteiger partial charge < -0.3 is 0 Å². The maximum absolute atomic E-state index is 12.7. The molecule has 0 atom stereocenters. The molecule has 0 saturated heterocycles. The number of rotatable bonds is 6. The number of hydrogen-bond donors (Lipinski definition) is 0. The Bertz CT molecular complexity index is 756. The molecular weight excluding hydrogens is 284 g/mol. The molecule has 2 aromatic rings. The Hall–Kier alpha value is -2.14. The van der Waals surface area contributed by atoms with Gasteiger partial charge in [-0.15, -0.1) is 13.2 Å². The van der Waals surface area contributed by atoms with E-state index < -0.39 is 10.0 Å². The van der Waals surface area contributed by atoms with Crippen molar-refractivity contribution in [3.05, 3.63) is 72.9 Å². The third-order valence-electron chi connectivity index (χ3n) is 3.17.